The lowest BCUT2D eigenvalue weighted by Crippen LogP contribution is -2.48. The summed E-state index contributed by atoms with van der Waals surface area (Å²) in [6.07, 6.45) is 6.09. The Labute approximate surface area is 99.2 Å². The molecule has 1 saturated heterocycles. The van der Waals surface area contributed by atoms with Gasteiger partial charge in [-0.2, -0.15) is 11.8 Å². The van der Waals surface area contributed by atoms with E-state index in [4.69, 9.17) is 0 Å². The second-order valence-electron chi connectivity index (χ2n) is 4.90. The van der Waals surface area contributed by atoms with Crippen LogP contribution in [0, 0.1) is 0 Å². The number of piperidine rings is 1. The van der Waals surface area contributed by atoms with E-state index in [1.807, 2.05) is 11.8 Å². The molecular weight excluding hydrogens is 204 g/mol. The Balaban J connectivity index is 2.21. The van der Waals surface area contributed by atoms with Gasteiger partial charge in [0.1, 0.15) is 0 Å². The molecule has 0 radical (unpaired) electrons. The van der Waals surface area contributed by atoms with Gasteiger partial charge in [0.25, 0.3) is 0 Å². The standard InChI is InChI=1S/C12H26N2S/c1-10(6-8-15-4)13-12-5-7-14(3)11(2)9-12/h10-13H,5-9H2,1-4H3. The van der Waals surface area contributed by atoms with Crippen molar-refractivity contribution in [1.82, 2.24) is 10.2 Å². The fraction of sp³-hybridized carbons (Fsp3) is 1.00. The highest BCUT2D eigenvalue weighted by Gasteiger charge is 2.23. The van der Waals surface area contributed by atoms with E-state index in [1.54, 1.807) is 0 Å². The number of nitrogens with zero attached hydrogens (tertiary/aromatic N) is 1. The lowest BCUT2D eigenvalue weighted by Gasteiger charge is -2.36. The fourth-order valence-corrected chi connectivity index (χ4v) is 2.81. The van der Waals surface area contributed by atoms with E-state index < -0.39 is 0 Å². The van der Waals surface area contributed by atoms with Crippen LogP contribution in [-0.4, -0.2) is 48.6 Å². The van der Waals surface area contributed by atoms with Gasteiger partial charge in [-0.15, -0.1) is 0 Å². The third-order valence-electron chi connectivity index (χ3n) is 3.48. The summed E-state index contributed by atoms with van der Waals surface area (Å²) in [5, 5.41) is 3.76. The molecule has 0 amide bonds. The van der Waals surface area contributed by atoms with Crippen LogP contribution in [0.5, 0.6) is 0 Å². The number of rotatable bonds is 5. The molecule has 1 rings (SSSR count). The maximum atomic E-state index is 3.76. The summed E-state index contributed by atoms with van der Waals surface area (Å²) in [7, 11) is 2.23. The van der Waals surface area contributed by atoms with Gasteiger partial charge in [0.15, 0.2) is 0 Å². The first kappa shape index (κ1) is 13.3. The SMILES string of the molecule is CSCCC(C)NC1CCN(C)C(C)C1. The molecular formula is C12H26N2S. The fourth-order valence-electron chi connectivity index (χ4n) is 2.22. The molecule has 15 heavy (non-hydrogen) atoms. The van der Waals surface area contributed by atoms with E-state index in [0.717, 1.165) is 12.1 Å². The molecule has 1 N–H and O–H groups in total. The van der Waals surface area contributed by atoms with Crippen molar-refractivity contribution in [3.05, 3.63) is 0 Å². The van der Waals surface area contributed by atoms with Gasteiger partial charge in [-0.25, -0.2) is 0 Å². The summed E-state index contributed by atoms with van der Waals surface area (Å²) in [5.74, 6) is 1.27. The summed E-state index contributed by atoms with van der Waals surface area (Å²) in [5.41, 5.74) is 0. The maximum Gasteiger partial charge on any atom is 0.00964 e. The molecule has 0 saturated carbocycles. The Kier molecular flexibility index (Phi) is 6.02. The molecule has 0 bridgehead atoms. The Morgan fingerprint density at radius 1 is 1.53 bits per heavy atom. The zero-order valence-corrected chi connectivity index (χ0v) is 11.4. The zero-order valence-electron chi connectivity index (χ0n) is 10.6. The van der Waals surface area contributed by atoms with Gasteiger partial charge < -0.3 is 10.2 Å². The topological polar surface area (TPSA) is 15.3 Å². The van der Waals surface area contributed by atoms with Crippen molar-refractivity contribution >= 4 is 11.8 Å². The monoisotopic (exact) mass is 230 g/mol. The van der Waals surface area contributed by atoms with E-state index >= 15 is 0 Å². The molecule has 3 heteroatoms. The largest absolute Gasteiger partial charge is 0.311 e. The predicted octanol–water partition coefficient (Wildman–Crippen LogP) is 2.20. The number of thioether (sulfide) groups is 1. The van der Waals surface area contributed by atoms with Gasteiger partial charge in [0, 0.05) is 18.1 Å². The van der Waals surface area contributed by atoms with Crippen LogP contribution in [0.15, 0.2) is 0 Å². The van der Waals surface area contributed by atoms with E-state index in [2.05, 4.69) is 37.4 Å². The molecule has 2 nitrogen and oxygen atoms in total. The molecule has 0 aromatic carbocycles. The molecule has 3 unspecified atom stereocenters. The summed E-state index contributed by atoms with van der Waals surface area (Å²) >= 11 is 1.94. The normalized spacial score (nSPS) is 30.4. The summed E-state index contributed by atoms with van der Waals surface area (Å²) in [6, 6.07) is 2.16. The van der Waals surface area contributed by atoms with Crippen LogP contribution in [0.2, 0.25) is 0 Å². The summed E-state index contributed by atoms with van der Waals surface area (Å²) < 4.78 is 0. The first-order valence-electron chi connectivity index (χ1n) is 6.08. The van der Waals surface area contributed by atoms with Gasteiger partial charge in [0.05, 0.1) is 0 Å². The molecule has 1 heterocycles. The van der Waals surface area contributed by atoms with Crippen molar-refractivity contribution in [2.45, 2.75) is 51.2 Å². The molecule has 90 valence electrons. The molecule has 1 aliphatic rings. The number of likely N-dealkylation sites (tertiary alicyclic amines) is 1. The lowest BCUT2D eigenvalue weighted by molar-refractivity contribution is 0.163. The van der Waals surface area contributed by atoms with Gasteiger partial charge in [-0.1, -0.05) is 0 Å². The van der Waals surface area contributed by atoms with Crippen LogP contribution in [0.3, 0.4) is 0 Å². The third-order valence-corrected chi connectivity index (χ3v) is 4.13. The molecule has 0 aromatic heterocycles. The summed E-state index contributed by atoms with van der Waals surface area (Å²) in [4.78, 5) is 2.46. The Hall–Kier alpha value is 0.270. The van der Waals surface area contributed by atoms with Crippen molar-refractivity contribution in [1.29, 1.82) is 0 Å². The Morgan fingerprint density at radius 3 is 2.87 bits per heavy atom. The molecule has 0 aliphatic carbocycles. The van der Waals surface area contributed by atoms with Gasteiger partial charge >= 0.3 is 0 Å². The Bertz CT molecular complexity index is 175. The first-order chi connectivity index (χ1) is 7.13. The first-order valence-corrected chi connectivity index (χ1v) is 7.48. The van der Waals surface area contributed by atoms with Gasteiger partial charge in [-0.3, -0.25) is 0 Å². The minimum absolute atomic E-state index is 0.679. The number of nitrogens with one attached hydrogen (secondary N) is 1. The van der Waals surface area contributed by atoms with Crippen LogP contribution in [0.25, 0.3) is 0 Å². The molecule has 1 fully saturated rings. The van der Waals surface area contributed by atoms with E-state index in [0.29, 0.717) is 6.04 Å². The molecule has 1 aliphatic heterocycles. The van der Waals surface area contributed by atoms with Crippen molar-refractivity contribution in [3.8, 4) is 0 Å². The van der Waals surface area contributed by atoms with Gasteiger partial charge in [0.2, 0.25) is 0 Å². The lowest BCUT2D eigenvalue weighted by atomic mass is 9.98. The average molecular weight is 230 g/mol. The van der Waals surface area contributed by atoms with Crippen molar-refractivity contribution < 1.29 is 0 Å². The smallest absolute Gasteiger partial charge is 0.00964 e. The van der Waals surface area contributed by atoms with E-state index in [9.17, 15) is 0 Å². The van der Waals surface area contributed by atoms with E-state index in [1.165, 1.54) is 31.6 Å². The highest BCUT2D eigenvalue weighted by Crippen LogP contribution is 2.16. The number of hydrogen-bond donors (Lipinski definition) is 1. The second kappa shape index (κ2) is 6.77. The average Bonchev–Trinajstić information content (AvgIpc) is 2.20. The molecule has 0 aromatic rings. The Morgan fingerprint density at radius 2 is 2.27 bits per heavy atom. The van der Waals surface area contributed by atoms with Crippen molar-refractivity contribution in [3.63, 3.8) is 0 Å². The van der Waals surface area contributed by atoms with Crippen LogP contribution < -0.4 is 5.32 Å². The minimum atomic E-state index is 0.679. The van der Waals surface area contributed by atoms with Crippen LogP contribution in [0.4, 0.5) is 0 Å². The van der Waals surface area contributed by atoms with Crippen LogP contribution >= 0.6 is 11.8 Å². The summed E-state index contributed by atoms with van der Waals surface area (Å²) in [6.45, 7) is 5.90. The van der Waals surface area contributed by atoms with Crippen LogP contribution in [0.1, 0.15) is 33.1 Å². The highest BCUT2D eigenvalue weighted by molar-refractivity contribution is 7.98. The maximum absolute atomic E-state index is 3.76. The minimum Gasteiger partial charge on any atom is -0.311 e. The predicted molar refractivity (Wildman–Crippen MR) is 70.7 cm³/mol. The van der Waals surface area contributed by atoms with Crippen LogP contribution in [-0.2, 0) is 0 Å². The quantitative estimate of drug-likeness (QED) is 0.779. The van der Waals surface area contributed by atoms with Crippen molar-refractivity contribution in [2.75, 3.05) is 25.6 Å². The van der Waals surface area contributed by atoms with Crippen molar-refractivity contribution in [2.24, 2.45) is 0 Å². The number of hydrogen-bond acceptors (Lipinski definition) is 3. The third kappa shape index (κ3) is 4.75. The second-order valence-corrected chi connectivity index (χ2v) is 5.89. The highest BCUT2D eigenvalue weighted by atomic mass is 32.2. The molecule has 3 atom stereocenters. The molecule has 0 spiro atoms. The zero-order chi connectivity index (χ0) is 11.3. The van der Waals surface area contributed by atoms with Gasteiger partial charge in [-0.05, 0) is 58.7 Å². The van der Waals surface area contributed by atoms with E-state index in [-0.39, 0.29) is 0 Å².